The number of halogens is 1. The molecular weight excluding hydrogens is 376 g/mol. The molecule has 0 radical (unpaired) electrons. The van der Waals surface area contributed by atoms with Gasteiger partial charge in [-0.05, 0) is 29.7 Å². The summed E-state index contributed by atoms with van der Waals surface area (Å²) in [6, 6.07) is 15.7. The van der Waals surface area contributed by atoms with Crippen LogP contribution in [0.15, 0.2) is 61.2 Å². The first-order valence-electron chi connectivity index (χ1n) is 9.11. The molecule has 2 aromatic carbocycles. The number of nitrogens with two attached hydrogens (primary N) is 1. The van der Waals surface area contributed by atoms with Crippen LogP contribution in [-0.4, -0.2) is 43.7 Å². The van der Waals surface area contributed by atoms with Crippen LogP contribution in [0.1, 0.15) is 17.0 Å². The predicted molar refractivity (Wildman–Crippen MR) is 113 cm³/mol. The van der Waals surface area contributed by atoms with Crippen molar-refractivity contribution in [3.8, 4) is 11.5 Å². The van der Waals surface area contributed by atoms with Crippen molar-refractivity contribution in [2.45, 2.75) is 18.4 Å². The van der Waals surface area contributed by atoms with Crippen molar-refractivity contribution in [1.29, 1.82) is 0 Å². The van der Waals surface area contributed by atoms with E-state index in [1.54, 1.807) is 12.0 Å². The quantitative estimate of drug-likeness (QED) is 0.722. The second-order valence-corrected chi connectivity index (χ2v) is 6.75. The number of amides is 1. The van der Waals surface area contributed by atoms with Gasteiger partial charge in [-0.2, -0.15) is 0 Å². The van der Waals surface area contributed by atoms with Gasteiger partial charge in [0.05, 0.1) is 7.11 Å². The van der Waals surface area contributed by atoms with Gasteiger partial charge < -0.3 is 20.1 Å². The van der Waals surface area contributed by atoms with Crippen molar-refractivity contribution >= 4 is 18.3 Å². The maximum atomic E-state index is 12.6. The van der Waals surface area contributed by atoms with Crippen molar-refractivity contribution in [1.82, 2.24) is 4.90 Å². The van der Waals surface area contributed by atoms with Crippen LogP contribution in [0.2, 0.25) is 0 Å². The zero-order chi connectivity index (χ0) is 19.2. The van der Waals surface area contributed by atoms with Gasteiger partial charge in [0, 0.05) is 25.0 Å². The largest absolute Gasteiger partial charge is 0.493 e. The summed E-state index contributed by atoms with van der Waals surface area (Å²) in [7, 11) is 1.59. The van der Waals surface area contributed by atoms with Gasteiger partial charge in [-0.25, -0.2) is 0 Å². The number of nitrogens with zero attached hydrogens (tertiary/aromatic N) is 1. The van der Waals surface area contributed by atoms with Crippen LogP contribution in [0.5, 0.6) is 11.5 Å². The van der Waals surface area contributed by atoms with E-state index in [0.29, 0.717) is 24.6 Å². The fraction of sp³-hybridized carbons (Fsp3) is 0.318. The molecule has 1 saturated heterocycles. The van der Waals surface area contributed by atoms with Crippen molar-refractivity contribution < 1.29 is 14.3 Å². The third-order valence-electron chi connectivity index (χ3n) is 4.90. The van der Waals surface area contributed by atoms with Crippen LogP contribution >= 0.6 is 12.4 Å². The molecule has 0 aliphatic carbocycles. The summed E-state index contributed by atoms with van der Waals surface area (Å²) in [6.45, 7) is 4.86. The summed E-state index contributed by atoms with van der Waals surface area (Å²) in [5.41, 5.74) is 8.52. The predicted octanol–water partition coefficient (Wildman–Crippen LogP) is 3.18. The number of methoxy groups -OCH3 is 1. The van der Waals surface area contributed by atoms with Gasteiger partial charge in [0.25, 0.3) is 5.91 Å². The van der Waals surface area contributed by atoms with Crippen LogP contribution in [0.25, 0.3) is 0 Å². The summed E-state index contributed by atoms with van der Waals surface area (Å²) >= 11 is 0. The van der Waals surface area contributed by atoms with E-state index in [1.807, 2.05) is 42.5 Å². The molecule has 0 saturated carbocycles. The molecule has 2 aromatic rings. The standard InChI is InChI=1S/C22H26N2O3.ClH/c1-3-7-16-10-11-20(21(12-16)26-2)27-15-22(25)24-13-18(19(23)14-24)17-8-5-4-6-9-17;/h3-6,8-12,18-19H,1,7,13-15,23H2,2H3;1H/t18-,19+;/m0./s1. The van der Waals surface area contributed by atoms with Crippen molar-refractivity contribution in [2.75, 3.05) is 26.8 Å². The third-order valence-corrected chi connectivity index (χ3v) is 4.90. The first kappa shape index (κ1) is 21.8. The zero-order valence-corrected chi connectivity index (χ0v) is 16.9. The highest BCUT2D eigenvalue weighted by molar-refractivity contribution is 5.85. The summed E-state index contributed by atoms with van der Waals surface area (Å²) in [5.74, 6) is 1.26. The normalized spacial score (nSPS) is 18.3. The minimum atomic E-state index is -0.0684. The topological polar surface area (TPSA) is 64.8 Å². The summed E-state index contributed by atoms with van der Waals surface area (Å²) < 4.78 is 11.1. The number of carbonyl (C=O) groups is 1. The summed E-state index contributed by atoms with van der Waals surface area (Å²) in [6.07, 6.45) is 2.58. The molecule has 1 aliphatic heterocycles. The van der Waals surface area contributed by atoms with Crippen LogP contribution in [0, 0.1) is 0 Å². The number of carbonyl (C=O) groups excluding carboxylic acids is 1. The minimum Gasteiger partial charge on any atom is -0.493 e. The molecule has 1 aliphatic rings. The Kier molecular flexibility index (Phi) is 7.91. The van der Waals surface area contributed by atoms with Crippen molar-refractivity contribution in [3.05, 3.63) is 72.3 Å². The smallest absolute Gasteiger partial charge is 0.260 e. The molecule has 2 N–H and O–H groups in total. The lowest BCUT2D eigenvalue weighted by atomic mass is 9.95. The Hall–Kier alpha value is -2.50. The first-order valence-corrected chi connectivity index (χ1v) is 9.11. The fourth-order valence-electron chi connectivity index (χ4n) is 3.44. The van der Waals surface area contributed by atoms with E-state index < -0.39 is 0 Å². The van der Waals surface area contributed by atoms with E-state index in [4.69, 9.17) is 15.2 Å². The summed E-state index contributed by atoms with van der Waals surface area (Å²) in [5, 5.41) is 0. The number of hydrogen-bond acceptors (Lipinski definition) is 4. The molecule has 6 heteroatoms. The number of hydrogen-bond donors (Lipinski definition) is 1. The Morgan fingerprint density at radius 3 is 2.64 bits per heavy atom. The molecule has 28 heavy (non-hydrogen) atoms. The van der Waals surface area contributed by atoms with Gasteiger partial charge in [0.2, 0.25) is 0 Å². The van der Waals surface area contributed by atoms with Crippen LogP contribution < -0.4 is 15.2 Å². The highest BCUT2D eigenvalue weighted by Crippen LogP contribution is 2.29. The second-order valence-electron chi connectivity index (χ2n) is 6.75. The highest BCUT2D eigenvalue weighted by atomic mass is 35.5. The van der Waals surface area contributed by atoms with Gasteiger partial charge in [-0.1, -0.05) is 42.5 Å². The number of benzene rings is 2. The molecule has 5 nitrogen and oxygen atoms in total. The summed E-state index contributed by atoms with van der Waals surface area (Å²) in [4.78, 5) is 14.4. The van der Waals surface area contributed by atoms with E-state index >= 15 is 0 Å². The second kappa shape index (κ2) is 10.2. The highest BCUT2D eigenvalue weighted by Gasteiger charge is 2.33. The van der Waals surface area contributed by atoms with Gasteiger partial charge in [-0.3, -0.25) is 4.79 Å². The van der Waals surface area contributed by atoms with E-state index in [0.717, 1.165) is 12.0 Å². The number of ether oxygens (including phenoxy) is 2. The molecule has 2 atom stereocenters. The van der Waals surface area contributed by atoms with E-state index in [2.05, 4.69) is 18.7 Å². The van der Waals surface area contributed by atoms with Gasteiger partial charge in [0.1, 0.15) is 0 Å². The first-order chi connectivity index (χ1) is 13.1. The lowest BCUT2D eigenvalue weighted by Gasteiger charge is -2.18. The Morgan fingerprint density at radius 1 is 1.21 bits per heavy atom. The van der Waals surface area contributed by atoms with Gasteiger partial charge >= 0.3 is 0 Å². The van der Waals surface area contributed by atoms with E-state index in [9.17, 15) is 4.79 Å². The number of rotatable bonds is 7. The van der Waals surface area contributed by atoms with Crippen LogP contribution in [0.3, 0.4) is 0 Å². The SMILES string of the molecule is C=CCc1ccc(OCC(=O)N2C[C@@H](N)[C@H](c3ccccc3)C2)c(OC)c1.Cl. The Balaban J connectivity index is 0.00000280. The Labute approximate surface area is 172 Å². The van der Waals surface area contributed by atoms with Crippen LogP contribution in [0.4, 0.5) is 0 Å². The van der Waals surface area contributed by atoms with Gasteiger partial charge in [0.15, 0.2) is 18.1 Å². The fourth-order valence-corrected chi connectivity index (χ4v) is 3.44. The molecule has 150 valence electrons. The monoisotopic (exact) mass is 402 g/mol. The molecule has 1 fully saturated rings. The molecule has 0 unspecified atom stereocenters. The molecule has 1 heterocycles. The lowest BCUT2D eigenvalue weighted by molar-refractivity contribution is -0.132. The molecule has 1 amide bonds. The van der Waals surface area contributed by atoms with Gasteiger partial charge in [-0.15, -0.1) is 19.0 Å². The van der Waals surface area contributed by atoms with Crippen molar-refractivity contribution in [2.24, 2.45) is 5.73 Å². The molecule has 0 aromatic heterocycles. The number of likely N-dealkylation sites (tertiary alicyclic amines) is 1. The van der Waals surface area contributed by atoms with E-state index in [-0.39, 0.29) is 36.9 Å². The Bertz CT molecular complexity index is 798. The molecule has 0 spiro atoms. The lowest BCUT2D eigenvalue weighted by Crippen LogP contribution is -2.35. The maximum absolute atomic E-state index is 12.6. The van der Waals surface area contributed by atoms with Crippen LogP contribution in [-0.2, 0) is 11.2 Å². The third kappa shape index (κ3) is 5.06. The maximum Gasteiger partial charge on any atom is 0.260 e. The minimum absolute atomic E-state index is 0. The molecule has 0 bridgehead atoms. The average molecular weight is 403 g/mol. The zero-order valence-electron chi connectivity index (χ0n) is 16.0. The molecule has 3 rings (SSSR count). The molecular formula is C22H27ClN2O3. The Morgan fingerprint density at radius 2 is 1.96 bits per heavy atom. The average Bonchev–Trinajstić information content (AvgIpc) is 3.09. The van der Waals surface area contributed by atoms with Crippen molar-refractivity contribution in [3.63, 3.8) is 0 Å². The van der Waals surface area contributed by atoms with E-state index in [1.165, 1.54) is 5.56 Å². The number of allylic oxidation sites excluding steroid dienone is 1.